The van der Waals surface area contributed by atoms with Crippen LogP contribution in [-0.4, -0.2) is 26.5 Å². The summed E-state index contributed by atoms with van der Waals surface area (Å²) in [5, 5.41) is 20.1. The van der Waals surface area contributed by atoms with Crippen molar-refractivity contribution >= 4 is 53.0 Å². The van der Waals surface area contributed by atoms with E-state index in [-0.39, 0.29) is 21.5 Å². The molecule has 0 unspecified atom stereocenters. The van der Waals surface area contributed by atoms with Crippen molar-refractivity contribution in [3.05, 3.63) is 50.3 Å². The number of carboxylic acids is 1. The number of hydrogen-bond acceptors (Lipinski definition) is 5. The smallest absolute Gasteiger partial charge is 0.327 e. The molecule has 134 valence electrons. The number of aromatic nitrogens is 1. The summed E-state index contributed by atoms with van der Waals surface area (Å²) in [7, 11) is 0. The van der Waals surface area contributed by atoms with Gasteiger partial charge in [-0.3, -0.25) is 9.36 Å². The fourth-order valence-electron chi connectivity index (χ4n) is 2.98. The molecular weight excluding hydrogens is 370 g/mol. The molecule has 1 aliphatic carbocycles. The maximum atomic E-state index is 12.4. The zero-order valence-electron chi connectivity index (χ0n) is 14.2. The molecule has 0 aliphatic heterocycles. The summed E-state index contributed by atoms with van der Waals surface area (Å²) in [6.07, 6.45) is 4.81. The molecule has 1 aliphatic rings. The van der Waals surface area contributed by atoms with E-state index < -0.39 is 12.0 Å². The van der Waals surface area contributed by atoms with Gasteiger partial charge >= 0.3 is 5.97 Å². The Morgan fingerprint density at radius 1 is 1.27 bits per heavy atom. The Hall–Kier alpha value is -2.51. The predicted octanol–water partition coefficient (Wildman–Crippen LogP) is 4.40. The summed E-state index contributed by atoms with van der Waals surface area (Å²) < 4.78 is 1.50. The summed E-state index contributed by atoms with van der Waals surface area (Å²) in [5.41, 5.74) is 2.12. The zero-order chi connectivity index (χ0) is 19.0. The Labute approximate surface area is 159 Å². The van der Waals surface area contributed by atoms with Crippen LogP contribution in [0, 0.1) is 9.87 Å². The first-order chi connectivity index (χ1) is 12.3. The number of ketones is 1. The molecule has 1 heterocycles. The number of fused-ring (bicyclic) bond motifs is 1. The monoisotopic (exact) mass is 387 g/mol. The van der Waals surface area contributed by atoms with Crippen LogP contribution < -0.4 is 0 Å². The molecule has 0 bridgehead atoms. The van der Waals surface area contributed by atoms with Gasteiger partial charge in [-0.25, -0.2) is 4.79 Å². The van der Waals surface area contributed by atoms with Crippen LogP contribution in [-0.2, 0) is 9.59 Å². The lowest BCUT2D eigenvalue weighted by Gasteiger charge is -2.18. The molecule has 0 amide bonds. The molecule has 7 heteroatoms. The van der Waals surface area contributed by atoms with Gasteiger partial charge in [-0.1, -0.05) is 44.2 Å². The SMILES string of the molecule is CC(C)[C@@H](C(=O)O)n1c(O)c(/C=C2\C(=O)C=Cc3ccccc32)sc1=S. The van der Waals surface area contributed by atoms with Crippen LogP contribution in [0.3, 0.4) is 0 Å². The van der Waals surface area contributed by atoms with E-state index in [1.165, 1.54) is 10.6 Å². The Morgan fingerprint density at radius 3 is 2.62 bits per heavy atom. The number of benzene rings is 1. The molecule has 0 radical (unpaired) electrons. The molecule has 0 spiro atoms. The highest BCUT2D eigenvalue weighted by Crippen LogP contribution is 2.37. The van der Waals surface area contributed by atoms with Gasteiger partial charge in [-0.05, 0) is 41.4 Å². The number of nitrogens with zero attached hydrogens (tertiary/aromatic N) is 1. The summed E-state index contributed by atoms with van der Waals surface area (Å²) in [6, 6.07) is 6.49. The predicted molar refractivity (Wildman–Crippen MR) is 105 cm³/mol. The molecule has 1 atom stereocenters. The number of carboxylic acid groups (broad SMARTS) is 1. The second-order valence-electron chi connectivity index (χ2n) is 6.30. The second kappa shape index (κ2) is 7.01. The third kappa shape index (κ3) is 3.15. The molecule has 2 N–H and O–H groups in total. The normalized spacial score (nSPS) is 16.1. The van der Waals surface area contributed by atoms with Crippen molar-refractivity contribution < 1.29 is 19.8 Å². The minimum Gasteiger partial charge on any atom is -0.493 e. The van der Waals surface area contributed by atoms with Crippen LogP contribution in [0.4, 0.5) is 0 Å². The molecular formula is C19H17NO4S2. The Kier molecular flexibility index (Phi) is 4.93. The molecule has 2 aromatic rings. The fourth-order valence-corrected chi connectivity index (χ4v) is 4.30. The molecule has 0 fully saturated rings. The van der Waals surface area contributed by atoms with Crippen LogP contribution in [0.1, 0.15) is 35.9 Å². The molecule has 1 aromatic heterocycles. The van der Waals surface area contributed by atoms with E-state index in [9.17, 15) is 19.8 Å². The number of thiazole rings is 1. The van der Waals surface area contributed by atoms with Gasteiger partial charge in [0.2, 0.25) is 5.88 Å². The van der Waals surface area contributed by atoms with Crippen molar-refractivity contribution in [2.75, 3.05) is 0 Å². The van der Waals surface area contributed by atoms with Crippen LogP contribution >= 0.6 is 23.6 Å². The van der Waals surface area contributed by atoms with Crippen molar-refractivity contribution in [2.24, 2.45) is 5.92 Å². The summed E-state index contributed by atoms with van der Waals surface area (Å²) >= 11 is 6.37. The average Bonchev–Trinajstić information content (AvgIpc) is 2.85. The first kappa shape index (κ1) is 18.3. The molecule has 5 nitrogen and oxygen atoms in total. The average molecular weight is 387 g/mol. The maximum Gasteiger partial charge on any atom is 0.327 e. The minimum atomic E-state index is -1.06. The van der Waals surface area contributed by atoms with Crippen molar-refractivity contribution in [1.29, 1.82) is 0 Å². The van der Waals surface area contributed by atoms with Gasteiger partial charge in [0.15, 0.2) is 9.74 Å². The summed E-state index contributed by atoms with van der Waals surface area (Å²) in [5.74, 6) is -1.73. The number of aliphatic carboxylic acids is 1. The van der Waals surface area contributed by atoms with Crippen molar-refractivity contribution in [2.45, 2.75) is 19.9 Å². The zero-order valence-corrected chi connectivity index (χ0v) is 15.8. The molecule has 1 aromatic carbocycles. The van der Waals surface area contributed by atoms with Gasteiger partial charge in [0.1, 0.15) is 6.04 Å². The van der Waals surface area contributed by atoms with Crippen LogP contribution in [0.5, 0.6) is 5.88 Å². The topological polar surface area (TPSA) is 79.5 Å². The first-order valence-corrected chi connectivity index (χ1v) is 9.24. The van der Waals surface area contributed by atoms with Crippen LogP contribution in [0.2, 0.25) is 0 Å². The Morgan fingerprint density at radius 2 is 1.96 bits per heavy atom. The maximum absolute atomic E-state index is 12.4. The standard InChI is InChI=1S/C19H17NO4S2/c1-10(2)16(18(23)24)20-17(22)15(26-19(20)25)9-13-12-6-4-3-5-11(12)7-8-14(13)21/h3-10,16,22H,1-2H3,(H,23,24)/b13-9-/t16-/m0/s1. The van der Waals surface area contributed by atoms with E-state index in [4.69, 9.17) is 12.2 Å². The van der Waals surface area contributed by atoms with Crippen LogP contribution in [0.15, 0.2) is 30.3 Å². The lowest BCUT2D eigenvalue weighted by Crippen LogP contribution is -2.23. The van der Waals surface area contributed by atoms with E-state index in [0.717, 1.165) is 22.5 Å². The third-order valence-electron chi connectivity index (χ3n) is 4.21. The molecule has 26 heavy (non-hydrogen) atoms. The molecule has 0 saturated carbocycles. The quantitative estimate of drug-likeness (QED) is 0.600. The number of carbonyl (C=O) groups is 2. The van der Waals surface area contributed by atoms with Gasteiger partial charge < -0.3 is 10.2 Å². The van der Waals surface area contributed by atoms with E-state index >= 15 is 0 Å². The number of hydrogen-bond donors (Lipinski definition) is 2. The van der Waals surface area contributed by atoms with Gasteiger partial charge in [-0.15, -0.1) is 11.3 Å². The summed E-state index contributed by atoms with van der Waals surface area (Å²) in [6.45, 7) is 3.50. The van der Waals surface area contributed by atoms with E-state index in [0.29, 0.717) is 10.5 Å². The number of carbonyl (C=O) groups excluding carboxylic acids is 1. The second-order valence-corrected chi connectivity index (χ2v) is 7.97. The van der Waals surface area contributed by atoms with Crippen molar-refractivity contribution in [3.8, 4) is 5.88 Å². The number of allylic oxidation sites excluding steroid dienone is 2. The van der Waals surface area contributed by atoms with Crippen molar-refractivity contribution in [1.82, 2.24) is 4.57 Å². The minimum absolute atomic E-state index is 0.174. The third-order valence-corrected chi connectivity index (χ3v) is 5.55. The highest BCUT2D eigenvalue weighted by molar-refractivity contribution is 7.73. The van der Waals surface area contributed by atoms with Gasteiger partial charge in [0.05, 0.1) is 4.88 Å². The van der Waals surface area contributed by atoms with Gasteiger partial charge in [-0.2, -0.15) is 0 Å². The largest absolute Gasteiger partial charge is 0.493 e. The van der Waals surface area contributed by atoms with Gasteiger partial charge in [0, 0.05) is 5.57 Å². The first-order valence-electron chi connectivity index (χ1n) is 8.02. The Bertz CT molecular complexity index is 1010. The molecule has 0 saturated heterocycles. The highest BCUT2D eigenvalue weighted by Gasteiger charge is 2.28. The lowest BCUT2D eigenvalue weighted by atomic mass is 9.91. The van der Waals surface area contributed by atoms with Crippen molar-refractivity contribution in [3.63, 3.8) is 0 Å². The van der Waals surface area contributed by atoms with Gasteiger partial charge in [0.25, 0.3) is 0 Å². The number of aromatic hydroxyl groups is 1. The fraction of sp³-hybridized carbons (Fsp3) is 0.211. The number of rotatable bonds is 4. The highest BCUT2D eigenvalue weighted by atomic mass is 32.1. The Balaban J connectivity index is 2.15. The van der Waals surface area contributed by atoms with E-state index in [1.54, 1.807) is 26.0 Å². The van der Waals surface area contributed by atoms with E-state index in [2.05, 4.69) is 0 Å². The van der Waals surface area contributed by atoms with E-state index in [1.807, 2.05) is 24.3 Å². The van der Waals surface area contributed by atoms with Crippen LogP contribution in [0.25, 0.3) is 17.7 Å². The molecule has 3 rings (SSSR count). The lowest BCUT2D eigenvalue weighted by molar-refractivity contribution is -0.142. The summed E-state index contributed by atoms with van der Waals surface area (Å²) in [4.78, 5) is 24.3.